The Bertz CT molecular complexity index is 743. The van der Waals surface area contributed by atoms with E-state index in [2.05, 4.69) is 15.0 Å². The van der Waals surface area contributed by atoms with Crippen LogP contribution in [0.4, 0.5) is 0 Å². The van der Waals surface area contributed by atoms with Crippen LogP contribution in [-0.4, -0.2) is 26.4 Å². The zero-order valence-electron chi connectivity index (χ0n) is 12.3. The average molecular weight is 319 g/mol. The lowest BCUT2D eigenvalue weighted by atomic mass is 10.2. The maximum absolute atomic E-state index is 12.3. The van der Waals surface area contributed by atoms with Crippen molar-refractivity contribution in [2.45, 2.75) is 17.9 Å². The molecule has 1 heterocycles. The summed E-state index contributed by atoms with van der Waals surface area (Å²) in [6, 6.07) is 10.6. The minimum absolute atomic E-state index is 0.0999. The molecule has 0 spiro atoms. The first-order chi connectivity index (χ1) is 10.4. The van der Waals surface area contributed by atoms with Crippen molar-refractivity contribution >= 4 is 15.9 Å². The number of sulfonamides is 1. The van der Waals surface area contributed by atoms with Gasteiger partial charge in [-0.1, -0.05) is 6.07 Å². The predicted octanol–water partition coefficient (Wildman–Crippen LogP) is 1.48. The lowest BCUT2D eigenvalue weighted by Crippen LogP contribution is -2.27. The Morgan fingerprint density at radius 3 is 2.36 bits per heavy atom. The van der Waals surface area contributed by atoms with E-state index in [1.165, 1.54) is 31.3 Å². The number of carbonyl (C=O) groups is 1. The highest BCUT2D eigenvalue weighted by molar-refractivity contribution is 7.89. The van der Waals surface area contributed by atoms with Gasteiger partial charge in [0, 0.05) is 18.8 Å². The second-order valence-electron chi connectivity index (χ2n) is 4.70. The van der Waals surface area contributed by atoms with E-state index >= 15 is 0 Å². The van der Waals surface area contributed by atoms with Crippen molar-refractivity contribution in [3.63, 3.8) is 0 Å². The van der Waals surface area contributed by atoms with Crippen LogP contribution in [0, 0.1) is 0 Å². The number of hydrogen-bond acceptors (Lipinski definition) is 4. The first kappa shape index (κ1) is 16.1. The molecule has 6 nitrogen and oxygen atoms in total. The molecule has 0 bridgehead atoms. The fourth-order valence-electron chi connectivity index (χ4n) is 1.92. The Balaban J connectivity index is 2.18. The fourth-order valence-corrected chi connectivity index (χ4v) is 3.14. The van der Waals surface area contributed by atoms with Gasteiger partial charge in [0.25, 0.3) is 5.91 Å². The molecule has 0 aliphatic heterocycles. The van der Waals surface area contributed by atoms with Crippen LogP contribution >= 0.6 is 0 Å². The third-order valence-electron chi connectivity index (χ3n) is 3.12. The van der Waals surface area contributed by atoms with Gasteiger partial charge in [-0.3, -0.25) is 9.78 Å². The van der Waals surface area contributed by atoms with E-state index in [-0.39, 0.29) is 10.8 Å². The van der Waals surface area contributed by atoms with Crippen molar-refractivity contribution in [2.24, 2.45) is 0 Å². The molecule has 0 saturated carbocycles. The number of pyridine rings is 1. The molecule has 0 aliphatic carbocycles. The van der Waals surface area contributed by atoms with Crippen LogP contribution < -0.4 is 10.0 Å². The van der Waals surface area contributed by atoms with Gasteiger partial charge in [-0.15, -0.1) is 0 Å². The molecule has 2 N–H and O–H groups in total. The SMILES string of the molecule is CNC(=O)c1ccc(S(=O)(=O)N[C@@H](C)c2ccccn2)cc1. The summed E-state index contributed by atoms with van der Waals surface area (Å²) < 4.78 is 27.2. The fraction of sp³-hybridized carbons (Fsp3) is 0.200. The lowest BCUT2D eigenvalue weighted by Gasteiger charge is -2.14. The normalized spacial score (nSPS) is 12.6. The molecule has 0 saturated heterocycles. The minimum atomic E-state index is -3.68. The first-order valence-corrected chi connectivity index (χ1v) is 8.18. The molecular formula is C15H17N3O3S. The molecule has 1 aromatic carbocycles. The van der Waals surface area contributed by atoms with Crippen molar-refractivity contribution in [3.05, 3.63) is 59.9 Å². The highest BCUT2D eigenvalue weighted by atomic mass is 32.2. The largest absolute Gasteiger partial charge is 0.355 e. The van der Waals surface area contributed by atoms with Gasteiger partial charge in [0.05, 0.1) is 16.6 Å². The summed E-state index contributed by atoms with van der Waals surface area (Å²) in [6.45, 7) is 1.72. The third-order valence-corrected chi connectivity index (χ3v) is 4.67. The van der Waals surface area contributed by atoms with Crippen molar-refractivity contribution in [2.75, 3.05) is 7.05 Å². The van der Waals surface area contributed by atoms with Crippen molar-refractivity contribution in [1.82, 2.24) is 15.0 Å². The number of aromatic nitrogens is 1. The summed E-state index contributed by atoms with van der Waals surface area (Å²) in [5.41, 5.74) is 1.03. The summed E-state index contributed by atoms with van der Waals surface area (Å²) in [5.74, 6) is -0.265. The van der Waals surface area contributed by atoms with Crippen LogP contribution in [0.15, 0.2) is 53.6 Å². The zero-order valence-corrected chi connectivity index (χ0v) is 13.1. The van der Waals surface area contributed by atoms with Gasteiger partial charge in [0.15, 0.2) is 0 Å². The monoisotopic (exact) mass is 319 g/mol. The minimum Gasteiger partial charge on any atom is -0.355 e. The van der Waals surface area contributed by atoms with Gasteiger partial charge in [0.1, 0.15) is 0 Å². The molecule has 0 fully saturated rings. The average Bonchev–Trinajstić information content (AvgIpc) is 2.54. The van der Waals surface area contributed by atoms with Crippen LogP contribution in [0.5, 0.6) is 0 Å². The van der Waals surface area contributed by atoms with Crippen LogP contribution in [0.25, 0.3) is 0 Å². The van der Waals surface area contributed by atoms with E-state index in [9.17, 15) is 13.2 Å². The van der Waals surface area contributed by atoms with E-state index in [1.807, 2.05) is 0 Å². The van der Waals surface area contributed by atoms with Crippen molar-refractivity contribution in [3.8, 4) is 0 Å². The summed E-state index contributed by atoms with van der Waals surface area (Å²) >= 11 is 0. The molecule has 0 aliphatic rings. The second-order valence-corrected chi connectivity index (χ2v) is 6.42. The quantitative estimate of drug-likeness (QED) is 0.874. The van der Waals surface area contributed by atoms with Gasteiger partial charge in [0.2, 0.25) is 10.0 Å². The molecule has 2 rings (SSSR count). The van der Waals surface area contributed by atoms with E-state index in [4.69, 9.17) is 0 Å². The Labute approximate surface area is 129 Å². The molecule has 1 aromatic heterocycles. The lowest BCUT2D eigenvalue weighted by molar-refractivity contribution is 0.0963. The van der Waals surface area contributed by atoms with Crippen molar-refractivity contribution < 1.29 is 13.2 Å². The highest BCUT2D eigenvalue weighted by Crippen LogP contribution is 2.15. The van der Waals surface area contributed by atoms with Crippen LogP contribution in [0.1, 0.15) is 29.0 Å². The number of nitrogens with one attached hydrogen (secondary N) is 2. The number of nitrogens with zero attached hydrogens (tertiary/aromatic N) is 1. The topological polar surface area (TPSA) is 88.2 Å². The van der Waals surface area contributed by atoms with Gasteiger partial charge in [-0.05, 0) is 43.3 Å². The van der Waals surface area contributed by atoms with Crippen LogP contribution in [0.2, 0.25) is 0 Å². The molecule has 0 radical (unpaired) electrons. The Morgan fingerprint density at radius 2 is 1.82 bits per heavy atom. The predicted molar refractivity (Wildman–Crippen MR) is 82.8 cm³/mol. The maximum Gasteiger partial charge on any atom is 0.251 e. The summed E-state index contributed by atoms with van der Waals surface area (Å²) in [5, 5.41) is 2.48. The Hall–Kier alpha value is -2.25. The van der Waals surface area contributed by atoms with Gasteiger partial charge in [-0.2, -0.15) is 0 Å². The zero-order chi connectivity index (χ0) is 16.2. The van der Waals surface area contributed by atoms with Crippen LogP contribution in [0.3, 0.4) is 0 Å². The smallest absolute Gasteiger partial charge is 0.251 e. The molecule has 2 aromatic rings. The number of amides is 1. The van der Waals surface area contributed by atoms with Crippen LogP contribution in [-0.2, 0) is 10.0 Å². The number of carbonyl (C=O) groups excluding carboxylic acids is 1. The van der Waals surface area contributed by atoms with Crippen molar-refractivity contribution in [1.29, 1.82) is 0 Å². The van der Waals surface area contributed by atoms with E-state index < -0.39 is 16.1 Å². The number of rotatable bonds is 5. The molecule has 22 heavy (non-hydrogen) atoms. The van der Waals surface area contributed by atoms with E-state index in [1.54, 1.807) is 31.3 Å². The number of benzene rings is 1. The Kier molecular flexibility index (Phi) is 4.89. The summed E-state index contributed by atoms with van der Waals surface area (Å²) in [4.78, 5) is 15.7. The van der Waals surface area contributed by atoms with Gasteiger partial charge >= 0.3 is 0 Å². The van der Waals surface area contributed by atoms with E-state index in [0.29, 0.717) is 11.3 Å². The van der Waals surface area contributed by atoms with Gasteiger partial charge in [-0.25, -0.2) is 13.1 Å². The highest BCUT2D eigenvalue weighted by Gasteiger charge is 2.19. The molecule has 7 heteroatoms. The first-order valence-electron chi connectivity index (χ1n) is 6.69. The standard InChI is InChI=1S/C15H17N3O3S/c1-11(14-5-3-4-10-17-14)18-22(20,21)13-8-6-12(7-9-13)15(19)16-2/h3-11,18H,1-2H3,(H,16,19)/t11-/m0/s1. The summed E-state index contributed by atoms with van der Waals surface area (Å²) in [6.07, 6.45) is 1.61. The Morgan fingerprint density at radius 1 is 1.14 bits per heavy atom. The second kappa shape index (κ2) is 6.67. The molecular weight excluding hydrogens is 302 g/mol. The molecule has 1 amide bonds. The van der Waals surface area contributed by atoms with Gasteiger partial charge < -0.3 is 5.32 Å². The molecule has 1 atom stereocenters. The molecule has 116 valence electrons. The maximum atomic E-state index is 12.3. The number of hydrogen-bond donors (Lipinski definition) is 2. The molecule has 0 unspecified atom stereocenters. The van der Waals surface area contributed by atoms with E-state index in [0.717, 1.165) is 0 Å². The third kappa shape index (κ3) is 3.69. The summed E-state index contributed by atoms with van der Waals surface area (Å²) in [7, 11) is -2.16.